The van der Waals surface area contributed by atoms with Gasteiger partial charge in [0, 0.05) is 34.7 Å². The molecule has 0 saturated heterocycles. The van der Waals surface area contributed by atoms with Gasteiger partial charge in [-0.1, -0.05) is 66.8 Å². The molecule has 0 aliphatic carbocycles. The lowest BCUT2D eigenvalue weighted by atomic mass is 10.0. The number of nitrogens with one attached hydrogen (secondary N) is 2. The summed E-state index contributed by atoms with van der Waals surface area (Å²) in [6, 6.07) is 20.1. The van der Waals surface area contributed by atoms with Crippen molar-refractivity contribution in [1.29, 1.82) is 0 Å². The van der Waals surface area contributed by atoms with E-state index in [1.807, 2.05) is 54.7 Å². The molecule has 0 unspecified atom stereocenters. The molecule has 2 aliphatic rings. The molecule has 0 fully saturated rings. The van der Waals surface area contributed by atoms with Crippen molar-refractivity contribution in [3.05, 3.63) is 117 Å². The van der Waals surface area contributed by atoms with E-state index in [4.69, 9.17) is 0 Å². The summed E-state index contributed by atoms with van der Waals surface area (Å²) >= 11 is 0. The first-order chi connectivity index (χ1) is 15.8. The van der Waals surface area contributed by atoms with Gasteiger partial charge in [0.1, 0.15) is 0 Å². The number of H-pyrrole nitrogens is 1. The molecule has 0 amide bonds. The molecule has 4 heterocycles. The lowest BCUT2D eigenvalue weighted by Crippen LogP contribution is -2.26. The summed E-state index contributed by atoms with van der Waals surface area (Å²) in [6.45, 7) is 0.725. The maximum absolute atomic E-state index is 13.3. The second-order valence-electron chi connectivity index (χ2n) is 7.77. The molecule has 32 heavy (non-hydrogen) atoms. The van der Waals surface area contributed by atoms with Gasteiger partial charge in [0.15, 0.2) is 5.69 Å². The van der Waals surface area contributed by atoms with Crippen LogP contribution in [0.5, 0.6) is 0 Å². The Morgan fingerprint density at radius 3 is 2.69 bits per heavy atom. The molecule has 2 aromatic heterocycles. The van der Waals surface area contributed by atoms with Crippen LogP contribution in [0.15, 0.2) is 83.8 Å². The number of rotatable bonds is 4. The minimum atomic E-state index is -0.0989. The molecule has 6 rings (SSSR count). The maximum atomic E-state index is 13.3. The first-order valence-corrected chi connectivity index (χ1v) is 10.5. The summed E-state index contributed by atoms with van der Waals surface area (Å²) in [6.07, 6.45) is 10.1. The predicted octanol–water partition coefficient (Wildman–Crippen LogP) is 2.58. The highest BCUT2D eigenvalue weighted by Gasteiger charge is 2.26. The van der Waals surface area contributed by atoms with E-state index in [2.05, 4.69) is 56.4 Å². The molecular formula is C27H19N4O+. The van der Waals surface area contributed by atoms with E-state index in [0.29, 0.717) is 16.4 Å². The van der Waals surface area contributed by atoms with Gasteiger partial charge in [-0.15, -0.1) is 0 Å². The summed E-state index contributed by atoms with van der Waals surface area (Å²) in [5.41, 5.74) is 6.56. The lowest BCUT2D eigenvalue weighted by Gasteiger charge is -2.04. The molecular weight excluding hydrogens is 396 g/mol. The molecule has 2 N–H and O–H groups in total. The fraction of sp³-hybridized carbons (Fsp3) is 0.0370. The monoisotopic (exact) mass is 415 g/mol. The van der Waals surface area contributed by atoms with Gasteiger partial charge in [-0.2, -0.15) is 4.67 Å². The van der Waals surface area contributed by atoms with Gasteiger partial charge in [-0.25, -0.2) is 0 Å². The molecule has 2 aliphatic heterocycles. The number of aromatic amines is 1. The van der Waals surface area contributed by atoms with Crippen molar-refractivity contribution < 1.29 is 0 Å². The number of hydrogen-bond donors (Lipinski definition) is 2. The van der Waals surface area contributed by atoms with Crippen molar-refractivity contribution >= 4 is 28.6 Å². The topological polar surface area (TPSA) is 71.9 Å². The Hall–Kier alpha value is -4.47. The zero-order valence-corrected chi connectivity index (χ0v) is 17.2. The molecule has 2 aromatic carbocycles. The Morgan fingerprint density at radius 1 is 1.00 bits per heavy atom. The summed E-state index contributed by atoms with van der Waals surface area (Å²) in [5.74, 6) is 0. The van der Waals surface area contributed by atoms with Crippen molar-refractivity contribution in [3.8, 4) is 11.3 Å². The third-order valence-electron chi connectivity index (χ3n) is 5.72. The van der Waals surface area contributed by atoms with E-state index < -0.39 is 0 Å². The normalized spacial score (nSPS) is 13.8. The summed E-state index contributed by atoms with van der Waals surface area (Å²) < 4.78 is 4.25. The van der Waals surface area contributed by atoms with Crippen LogP contribution in [0.2, 0.25) is 0 Å². The molecule has 152 valence electrons. The second-order valence-corrected chi connectivity index (χ2v) is 7.77. The lowest BCUT2D eigenvalue weighted by molar-refractivity contribution is 0.973. The van der Waals surface area contributed by atoms with E-state index in [1.165, 1.54) is 0 Å². The Bertz CT molecular complexity index is 1670. The average molecular weight is 415 g/mol. The van der Waals surface area contributed by atoms with Crippen LogP contribution in [0.25, 0.3) is 39.9 Å². The zero-order valence-electron chi connectivity index (χ0n) is 17.2. The van der Waals surface area contributed by atoms with Crippen LogP contribution in [-0.4, -0.2) is 16.5 Å². The minimum Gasteiger partial charge on any atom is -0.387 e. The fourth-order valence-corrected chi connectivity index (χ4v) is 4.05. The number of allylic oxidation sites excluding steroid dienone is 2. The molecule has 4 aromatic rings. The smallest absolute Gasteiger partial charge is 0.387 e. The van der Waals surface area contributed by atoms with Crippen LogP contribution in [-0.2, 0) is 0 Å². The first-order valence-electron chi connectivity index (χ1n) is 10.5. The van der Waals surface area contributed by atoms with Gasteiger partial charge in [0.25, 0.3) is 5.43 Å². The number of aromatic nitrogens is 2. The van der Waals surface area contributed by atoms with Crippen molar-refractivity contribution in [2.24, 2.45) is 0 Å². The van der Waals surface area contributed by atoms with Gasteiger partial charge < -0.3 is 10.3 Å². The van der Waals surface area contributed by atoms with Crippen LogP contribution in [0.1, 0.15) is 16.8 Å². The third-order valence-corrected chi connectivity index (χ3v) is 5.72. The van der Waals surface area contributed by atoms with Gasteiger partial charge >= 0.3 is 10.8 Å². The van der Waals surface area contributed by atoms with E-state index in [1.54, 1.807) is 0 Å². The Kier molecular flexibility index (Phi) is 4.20. The summed E-state index contributed by atoms with van der Waals surface area (Å²) in [7, 11) is 0. The van der Waals surface area contributed by atoms with Gasteiger partial charge in [0.05, 0.1) is 11.3 Å². The first kappa shape index (κ1) is 18.3. The van der Waals surface area contributed by atoms with Crippen molar-refractivity contribution in [2.75, 3.05) is 6.54 Å². The van der Waals surface area contributed by atoms with Crippen LogP contribution in [0, 0.1) is 0 Å². The Labute approximate surface area is 183 Å². The largest absolute Gasteiger partial charge is 0.485 e. The molecule has 0 bridgehead atoms. The van der Waals surface area contributed by atoms with Crippen molar-refractivity contribution in [3.63, 3.8) is 0 Å². The maximum Gasteiger partial charge on any atom is 0.485 e. The predicted molar refractivity (Wildman–Crippen MR) is 128 cm³/mol. The number of nitrogens with zero attached hydrogens (tertiary/aromatic N) is 2. The number of hydrogen-bond acceptors (Lipinski definition) is 3. The van der Waals surface area contributed by atoms with Gasteiger partial charge in [-0.05, 0) is 28.9 Å². The molecule has 5 nitrogen and oxygen atoms in total. The highest BCUT2D eigenvalue weighted by molar-refractivity contribution is 5.99. The SMILES string of the molecule is O=c1c(-c2[nH]c3ccccc3c2/C=C/c2ccccc2)cc(C2=CCNC=C2)nc2c1=[N+]=2. The highest BCUT2D eigenvalue weighted by atomic mass is 16.1. The van der Waals surface area contributed by atoms with Gasteiger partial charge in [0.2, 0.25) is 0 Å². The number of benzene rings is 2. The molecule has 5 heteroatoms. The number of dihydropyridines is 1. The Morgan fingerprint density at radius 2 is 1.84 bits per heavy atom. The van der Waals surface area contributed by atoms with Crippen LogP contribution < -0.4 is 26.3 Å². The highest BCUT2D eigenvalue weighted by Crippen LogP contribution is 2.31. The van der Waals surface area contributed by atoms with Gasteiger partial charge in [-0.3, -0.25) is 4.79 Å². The number of fused-ring (bicyclic) bond motifs is 2. The van der Waals surface area contributed by atoms with Crippen molar-refractivity contribution in [1.82, 2.24) is 20.0 Å². The minimum absolute atomic E-state index is 0.0989. The second kappa shape index (κ2) is 7.34. The van der Waals surface area contributed by atoms with Crippen LogP contribution in [0.4, 0.5) is 0 Å². The van der Waals surface area contributed by atoms with Crippen LogP contribution in [0.3, 0.4) is 0 Å². The van der Waals surface area contributed by atoms with E-state index in [0.717, 1.165) is 45.5 Å². The summed E-state index contributed by atoms with van der Waals surface area (Å²) in [5, 5.41) is 4.66. The molecule has 0 atom stereocenters. The molecule has 0 spiro atoms. The summed E-state index contributed by atoms with van der Waals surface area (Å²) in [4.78, 5) is 21.4. The molecule has 0 saturated carbocycles. The van der Waals surface area contributed by atoms with E-state index in [-0.39, 0.29) is 5.43 Å². The standard InChI is InChI=1S/C27H18N4O/c32-26-21(16-23(30-27-25(26)31-27)18-12-14-28-15-13-18)24-20(11-10-17-6-2-1-3-7-17)19-8-4-5-9-22(19)29-24/h1-14,16,28H,15H2/p+1/b11-10+. The van der Waals surface area contributed by atoms with E-state index in [9.17, 15) is 4.79 Å². The fourth-order valence-electron chi connectivity index (χ4n) is 4.05. The van der Waals surface area contributed by atoms with E-state index >= 15 is 0 Å². The quantitative estimate of drug-likeness (QED) is 0.443. The van der Waals surface area contributed by atoms with Crippen molar-refractivity contribution in [2.45, 2.75) is 0 Å². The molecule has 0 radical (unpaired) electrons. The average Bonchev–Trinajstić information content (AvgIpc) is 3.54. The zero-order chi connectivity index (χ0) is 21.5. The third kappa shape index (κ3) is 3.18. The van der Waals surface area contributed by atoms with Crippen LogP contribution >= 0.6 is 0 Å². The number of para-hydroxylation sites is 1. The Balaban J connectivity index is 1.59.